The molecule has 0 fully saturated rings. The van der Waals surface area contributed by atoms with Crippen LogP contribution in [0.3, 0.4) is 0 Å². The monoisotopic (exact) mass is 378 g/mol. The molecular weight excluding hydrogens is 352 g/mol. The van der Waals surface area contributed by atoms with E-state index in [1.54, 1.807) is 25.1 Å². The maximum absolute atomic E-state index is 12.2. The highest BCUT2D eigenvalue weighted by Gasteiger charge is 2.18. The van der Waals surface area contributed by atoms with Crippen LogP contribution in [0.5, 0.6) is 17.2 Å². The van der Waals surface area contributed by atoms with Crippen LogP contribution in [0.4, 0.5) is 0 Å². The van der Waals surface area contributed by atoms with Gasteiger partial charge in [0, 0.05) is 0 Å². The fourth-order valence-electron chi connectivity index (χ4n) is 2.59. The van der Waals surface area contributed by atoms with E-state index in [-0.39, 0.29) is 41.8 Å². The molecule has 0 bridgehead atoms. The summed E-state index contributed by atoms with van der Waals surface area (Å²) >= 11 is 0. The van der Waals surface area contributed by atoms with Crippen molar-refractivity contribution in [3.8, 4) is 17.2 Å². The van der Waals surface area contributed by atoms with Crippen molar-refractivity contribution in [2.24, 2.45) is 0 Å². The Morgan fingerprint density at radius 2 is 1.93 bits per heavy atom. The Bertz CT molecular complexity index is 810. The summed E-state index contributed by atoms with van der Waals surface area (Å²) in [5.41, 5.74) is -0.654. The maximum Gasteiger partial charge on any atom is 0.383 e. The van der Waals surface area contributed by atoms with Crippen LogP contribution in [0.1, 0.15) is 46.0 Å². The number of carbonyl (C=O) groups excluding carboxylic acids is 1. The van der Waals surface area contributed by atoms with Crippen LogP contribution in [0.15, 0.2) is 27.4 Å². The predicted octanol–water partition coefficient (Wildman–Crippen LogP) is 3.79. The highest BCUT2D eigenvalue weighted by Crippen LogP contribution is 2.35. The minimum absolute atomic E-state index is 0.0676. The number of carbonyl (C=O) groups is 1. The van der Waals surface area contributed by atoms with Crippen molar-refractivity contribution < 1.29 is 28.5 Å². The first-order valence-electron chi connectivity index (χ1n) is 9.28. The molecule has 1 N–H and O–H groups in total. The van der Waals surface area contributed by atoms with Gasteiger partial charge in [0.2, 0.25) is 5.75 Å². The van der Waals surface area contributed by atoms with Gasteiger partial charge < -0.3 is 23.7 Å². The standard InChI is InChI=1S/C20H26O7/c1-3-5-6-7-12-26-19-17(22)14-9-8-10-15(18(14)27-20(19)23)25-13-11-16(21)24-4-2/h8-10,22H,3-7,11-13H2,1-2H3. The molecule has 27 heavy (non-hydrogen) atoms. The Morgan fingerprint density at radius 3 is 2.67 bits per heavy atom. The number of ether oxygens (including phenoxy) is 3. The first kappa shape index (κ1) is 20.6. The van der Waals surface area contributed by atoms with E-state index in [1.165, 1.54) is 0 Å². The molecule has 1 aromatic carbocycles. The molecule has 2 aromatic rings. The van der Waals surface area contributed by atoms with Gasteiger partial charge in [-0.3, -0.25) is 4.79 Å². The predicted molar refractivity (Wildman–Crippen MR) is 101 cm³/mol. The van der Waals surface area contributed by atoms with Crippen LogP contribution in [-0.2, 0) is 9.53 Å². The number of benzene rings is 1. The van der Waals surface area contributed by atoms with Crippen LogP contribution < -0.4 is 15.1 Å². The highest BCUT2D eigenvalue weighted by molar-refractivity contribution is 5.89. The maximum atomic E-state index is 12.2. The topological polar surface area (TPSA) is 95.2 Å². The summed E-state index contributed by atoms with van der Waals surface area (Å²) in [5, 5.41) is 10.7. The molecular formula is C20H26O7. The largest absolute Gasteiger partial charge is 0.504 e. The number of rotatable bonds is 11. The first-order chi connectivity index (χ1) is 13.1. The fourth-order valence-corrected chi connectivity index (χ4v) is 2.59. The van der Waals surface area contributed by atoms with Gasteiger partial charge in [0.1, 0.15) is 0 Å². The van der Waals surface area contributed by atoms with Crippen molar-refractivity contribution in [1.29, 1.82) is 0 Å². The number of hydrogen-bond donors (Lipinski definition) is 1. The molecule has 0 aliphatic carbocycles. The summed E-state index contributed by atoms with van der Waals surface area (Å²) in [7, 11) is 0. The smallest absolute Gasteiger partial charge is 0.383 e. The Morgan fingerprint density at radius 1 is 1.11 bits per heavy atom. The third kappa shape index (κ3) is 5.64. The normalized spacial score (nSPS) is 10.7. The number of aromatic hydroxyl groups is 1. The van der Waals surface area contributed by atoms with Gasteiger partial charge in [0.25, 0.3) is 0 Å². The molecule has 148 valence electrons. The molecule has 0 spiro atoms. The number of esters is 1. The molecule has 0 unspecified atom stereocenters. The van der Waals surface area contributed by atoms with Gasteiger partial charge >= 0.3 is 11.6 Å². The zero-order valence-electron chi connectivity index (χ0n) is 15.8. The second-order valence-corrected chi connectivity index (χ2v) is 6.01. The summed E-state index contributed by atoms with van der Waals surface area (Å²) in [6.45, 7) is 4.54. The van der Waals surface area contributed by atoms with Gasteiger partial charge in [-0.2, -0.15) is 0 Å². The third-order valence-corrected chi connectivity index (χ3v) is 3.94. The quantitative estimate of drug-likeness (QED) is 0.361. The van der Waals surface area contributed by atoms with Gasteiger partial charge in [-0.05, 0) is 25.5 Å². The Hall–Kier alpha value is -2.70. The SMILES string of the molecule is CCCCCCOc1c(O)c2cccc(OCCC(=O)OCC)c2oc1=O. The summed E-state index contributed by atoms with van der Waals surface area (Å²) in [5.74, 6) is -0.574. The molecule has 2 rings (SSSR count). The van der Waals surface area contributed by atoms with E-state index in [9.17, 15) is 14.7 Å². The fraction of sp³-hybridized carbons (Fsp3) is 0.500. The molecule has 0 radical (unpaired) electrons. The van der Waals surface area contributed by atoms with E-state index in [0.717, 1.165) is 25.7 Å². The molecule has 1 aromatic heterocycles. The van der Waals surface area contributed by atoms with Gasteiger partial charge in [-0.25, -0.2) is 4.79 Å². The lowest BCUT2D eigenvalue weighted by atomic mass is 10.2. The number of unbranched alkanes of at least 4 members (excludes halogenated alkanes) is 3. The van der Waals surface area contributed by atoms with Crippen molar-refractivity contribution in [3.63, 3.8) is 0 Å². The van der Waals surface area contributed by atoms with E-state index in [2.05, 4.69) is 6.92 Å². The summed E-state index contributed by atoms with van der Waals surface area (Å²) < 4.78 is 21.1. The Labute approximate surface area is 157 Å². The highest BCUT2D eigenvalue weighted by atomic mass is 16.5. The van der Waals surface area contributed by atoms with Crippen molar-refractivity contribution in [1.82, 2.24) is 0 Å². The van der Waals surface area contributed by atoms with E-state index in [0.29, 0.717) is 18.6 Å². The van der Waals surface area contributed by atoms with E-state index in [4.69, 9.17) is 18.6 Å². The Kier molecular flexibility index (Phi) is 7.98. The number of fused-ring (bicyclic) bond motifs is 1. The number of para-hydroxylation sites is 1. The average molecular weight is 378 g/mol. The summed E-state index contributed by atoms with van der Waals surface area (Å²) in [4.78, 5) is 23.6. The summed E-state index contributed by atoms with van der Waals surface area (Å²) in [6, 6.07) is 4.86. The van der Waals surface area contributed by atoms with Gasteiger partial charge in [0.05, 0.1) is 31.6 Å². The minimum atomic E-state index is -0.767. The van der Waals surface area contributed by atoms with Crippen LogP contribution in [0.25, 0.3) is 11.0 Å². The van der Waals surface area contributed by atoms with Crippen molar-refractivity contribution in [2.75, 3.05) is 19.8 Å². The molecule has 0 saturated carbocycles. The third-order valence-electron chi connectivity index (χ3n) is 3.94. The van der Waals surface area contributed by atoms with Gasteiger partial charge in [-0.15, -0.1) is 0 Å². The van der Waals surface area contributed by atoms with Crippen molar-refractivity contribution in [3.05, 3.63) is 28.6 Å². The lowest BCUT2D eigenvalue weighted by Crippen LogP contribution is -2.11. The zero-order chi connectivity index (χ0) is 19.6. The second kappa shape index (κ2) is 10.4. The molecule has 0 amide bonds. The molecule has 1 heterocycles. The first-order valence-corrected chi connectivity index (χ1v) is 9.28. The van der Waals surface area contributed by atoms with Gasteiger partial charge in [-0.1, -0.05) is 32.3 Å². The van der Waals surface area contributed by atoms with Gasteiger partial charge in [0.15, 0.2) is 17.1 Å². The molecule has 7 heteroatoms. The molecule has 7 nitrogen and oxygen atoms in total. The van der Waals surface area contributed by atoms with Crippen molar-refractivity contribution in [2.45, 2.75) is 46.0 Å². The lowest BCUT2D eigenvalue weighted by Gasteiger charge is -2.11. The Balaban J connectivity index is 2.13. The van der Waals surface area contributed by atoms with Crippen LogP contribution >= 0.6 is 0 Å². The second-order valence-electron chi connectivity index (χ2n) is 6.01. The summed E-state index contributed by atoms with van der Waals surface area (Å²) in [6.07, 6.45) is 4.05. The van der Waals surface area contributed by atoms with E-state index < -0.39 is 5.63 Å². The molecule has 0 atom stereocenters. The average Bonchev–Trinajstić information content (AvgIpc) is 2.64. The van der Waals surface area contributed by atoms with Crippen LogP contribution in [-0.4, -0.2) is 30.9 Å². The van der Waals surface area contributed by atoms with E-state index in [1.807, 2.05) is 0 Å². The lowest BCUT2D eigenvalue weighted by molar-refractivity contribution is -0.143. The molecule has 0 aliphatic rings. The number of hydrogen-bond acceptors (Lipinski definition) is 7. The minimum Gasteiger partial charge on any atom is -0.504 e. The van der Waals surface area contributed by atoms with Crippen LogP contribution in [0, 0.1) is 0 Å². The zero-order valence-corrected chi connectivity index (χ0v) is 15.8. The molecule has 0 saturated heterocycles. The molecule has 0 aliphatic heterocycles. The van der Waals surface area contributed by atoms with Crippen molar-refractivity contribution >= 4 is 16.9 Å². The van der Waals surface area contributed by atoms with E-state index >= 15 is 0 Å². The van der Waals surface area contributed by atoms with Crippen LogP contribution in [0.2, 0.25) is 0 Å².